The van der Waals surface area contributed by atoms with Gasteiger partial charge in [0.25, 0.3) is 0 Å². The Labute approximate surface area is 154 Å². The van der Waals surface area contributed by atoms with Crippen LogP contribution < -0.4 is 10.6 Å². The van der Waals surface area contributed by atoms with Crippen LogP contribution in [0.4, 0.5) is 18.9 Å². The Balaban J connectivity index is 1.60. The number of hydrogen-bond acceptors (Lipinski definition) is 2. The summed E-state index contributed by atoms with van der Waals surface area (Å²) in [5.74, 6) is -0.865. The number of rotatable bonds is 5. The van der Waals surface area contributed by atoms with Gasteiger partial charge < -0.3 is 10.6 Å². The van der Waals surface area contributed by atoms with Crippen LogP contribution in [0.3, 0.4) is 0 Å². The molecule has 0 atom stereocenters. The van der Waals surface area contributed by atoms with Crippen molar-refractivity contribution in [2.45, 2.75) is 32.5 Å². The van der Waals surface area contributed by atoms with Crippen LogP contribution in [-0.2, 0) is 22.3 Å². The molecule has 3 rings (SSSR count). The van der Waals surface area contributed by atoms with E-state index in [4.69, 9.17) is 0 Å². The van der Waals surface area contributed by atoms with Crippen molar-refractivity contribution in [2.24, 2.45) is 5.41 Å². The molecule has 0 spiro atoms. The quantitative estimate of drug-likeness (QED) is 0.774. The maximum absolute atomic E-state index is 12.6. The zero-order valence-corrected chi connectivity index (χ0v) is 14.7. The third kappa shape index (κ3) is 4.30. The zero-order chi connectivity index (χ0) is 19.7. The number of carbonyl (C=O) groups excluding carboxylic acids is 2. The minimum atomic E-state index is -4.43. The zero-order valence-electron chi connectivity index (χ0n) is 14.7. The molecule has 27 heavy (non-hydrogen) atoms. The fourth-order valence-corrected chi connectivity index (χ4v) is 2.73. The normalized spacial score (nSPS) is 15.1. The number of anilines is 1. The standard InChI is InChI=1S/C20H19F3N2O2/c1-13-2-4-14(5-3-13)12-24-17(26)19(10-11-19)18(27)25-16-8-6-15(7-9-16)20(21,22)23/h2-9H,10-12H2,1H3,(H,24,26)(H,25,27). The number of carbonyl (C=O) groups is 2. The first kappa shape index (κ1) is 18.9. The van der Waals surface area contributed by atoms with Gasteiger partial charge in [-0.05, 0) is 49.6 Å². The van der Waals surface area contributed by atoms with E-state index in [1.54, 1.807) is 0 Å². The van der Waals surface area contributed by atoms with Crippen molar-refractivity contribution in [3.05, 3.63) is 65.2 Å². The minimum Gasteiger partial charge on any atom is -0.351 e. The van der Waals surface area contributed by atoms with Crippen LogP contribution in [0.25, 0.3) is 0 Å². The molecule has 2 aromatic rings. The highest BCUT2D eigenvalue weighted by molar-refractivity contribution is 6.13. The highest BCUT2D eigenvalue weighted by Gasteiger charge is 2.56. The lowest BCUT2D eigenvalue weighted by Gasteiger charge is -2.16. The van der Waals surface area contributed by atoms with Gasteiger partial charge in [-0.3, -0.25) is 9.59 Å². The Hall–Kier alpha value is -2.83. The Morgan fingerprint density at radius 2 is 1.56 bits per heavy atom. The van der Waals surface area contributed by atoms with Crippen LogP contribution in [0.5, 0.6) is 0 Å². The molecule has 0 radical (unpaired) electrons. The Morgan fingerprint density at radius 3 is 2.07 bits per heavy atom. The van der Waals surface area contributed by atoms with E-state index >= 15 is 0 Å². The molecule has 2 aromatic carbocycles. The first-order valence-electron chi connectivity index (χ1n) is 8.53. The van der Waals surface area contributed by atoms with E-state index in [-0.39, 0.29) is 11.6 Å². The summed E-state index contributed by atoms with van der Waals surface area (Å²) in [5.41, 5.74) is 0.323. The summed E-state index contributed by atoms with van der Waals surface area (Å²) in [6.45, 7) is 2.28. The SMILES string of the molecule is Cc1ccc(CNC(=O)C2(C(=O)Nc3ccc(C(F)(F)F)cc3)CC2)cc1. The fourth-order valence-electron chi connectivity index (χ4n) is 2.73. The second-order valence-electron chi connectivity index (χ2n) is 6.78. The van der Waals surface area contributed by atoms with Gasteiger partial charge in [-0.1, -0.05) is 29.8 Å². The molecule has 4 nitrogen and oxygen atoms in total. The Morgan fingerprint density at radius 1 is 0.963 bits per heavy atom. The van der Waals surface area contributed by atoms with Crippen molar-refractivity contribution in [2.75, 3.05) is 5.32 Å². The van der Waals surface area contributed by atoms with Gasteiger partial charge in [0.05, 0.1) is 5.56 Å². The summed E-state index contributed by atoms with van der Waals surface area (Å²) in [7, 11) is 0. The van der Waals surface area contributed by atoms with E-state index in [1.165, 1.54) is 12.1 Å². The minimum absolute atomic E-state index is 0.227. The summed E-state index contributed by atoms with van der Waals surface area (Å²) < 4.78 is 37.8. The molecule has 0 bridgehead atoms. The first-order chi connectivity index (χ1) is 12.7. The molecular formula is C20H19F3N2O2. The van der Waals surface area contributed by atoms with Gasteiger partial charge in [-0.2, -0.15) is 13.2 Å². The number of hydrogen-bond donors (Lipinski definition) is 2. The number of alkyl halides is 3. The average molecular weight is 376 g/mol. The molecule has 1 saturated carbocycles. The van der Waals surface area contributed by atoms with E-state index in [9.17, 15) is 22.8 Å². The van der Waals surface area contributed by atoms with E-state index in [0.29, 0.717) is 19.4 Å². The highest BCUT2D eigenvalue weighted by Crippen LogP contribution is 2.47. The lowest BCUT2D eigenvalue weighted by Crippen LogP contribution is -2.39. The summed E-state index contributed by atoms with van der Waals surface area (Å²) in [6, 6.07) is 11.8. The van der Waals surface area contributed by atoms with Crippen molar-refractivity contribution in [1.29, 1.82) is 0 Å². The third-order valence-corrected chi connectivity index (χ3v) is 4.66. The van der Waals surface area contributed by atoms with Crippen LogP contribution in [-0.4, -0.2) is 11.8 Å². The number of aryl methyl sites for hydroxylation is 1. The summed E-state index contributed by atoms with van der Waals surface area (Å²) >= 11 is 0. The molecule has 1 aliphatic rings. The van der Waals surface area contributed by atoms with Crippen LogP contribution in [0.15, 0.2) is 48.5 Å². The average Bonchev–Trinajstić information content (AvgIpc) is 3.43. The van der Waals surface area contributed by atoms with Gasteiger partial charge in [-0.25, -0.2) is 0 Å². The number of benzene rings is 2. The molecule has 0 heterocycles. The molecular weight excluding hydrogens is 357 g/mol. The molecule has 0 aliphatic heterocycles. The first-order valence-corrected chi connectivity index (χ1v) is 8.53. The molecule has 0 saturated heterocycles. The monoisotopic (exact) mass is 376 g/mol. The lowest BCUT2D eigenvalue weighted by atomic mass is 10.0. The second-order valence-corrected chi connectivity index (χ2v) is 6.78. The summed E-state index contributed by atoms with van der Waals surface area (Å²) in [6.07, 6.45) is -3.60. The molecule has 0 unspecified atom stereocenters. The van der Waals surface area contributed by atoms with Crippen molar-refractivity contribution < 1.29 is 22.8 Å². The van der Waals surface area contributed by atoms with Crippen LogP contribution >= 0.6 is 0 Å². The van der Waals surface area contributed by atoms with Crippen LogP contribution in [0, 0.1) is 12.3 Å². The van der Waals surface area contributed by atoms with Gasteiger partial charge in [-0.15, -0.1) is 0 Å². The second kappa shape index (κ2) is 7.06. The van der Waals surface area contributed by atoms with Crippen molar-refractivity contribution in [3.63, 3.8) is 0 Å². The Bertz CT molecular complexity index is 839. The van der Waals surface area contributed by atoms with Gasteiger partial charge in [0.2, 0.25) is 11.8 Å². The Kier molecular flexibility index (Phi) is 4.95. The van der Waals surface area contributed by atoms with E-state index in [0.717, 1.165) is 23.3 Å². The number of amides is 2. The van der Waals surface area contributed by atoms with Crippen molar-refractivity contribution in [3.8, 4) is 0 Å². The summed E-state index contributed by atoms with van der Waals surface area (Å²) in [4.78, 5) is 24.9. The van der Waals surface area contributed by atoms with Gasteiger partial charge in [0, 0.05) is 12.2 Å². The molecule has 0 aromatic heterocycles. The van der Waals surface area contributed by atoms with Crippen LogP contribution in [0.1, 0.15) is 29.5 Å². The predicted octanol–water partition coefficient (Wildman–Crippen LogP) is 4.05. The van der Waals surface area contributed by atoms with Gasteiger partial charge >= 0.3 is 6.18 Å². The third-order valence-electron chi connectivity index (χ3n) is 4.66. The summed E-state index contributed by atoms with van der Waals surface area (Å²) in [5, 5.41) is 5.31. The van der Waals surface area contributed by atoms with Crippen LogP contribution in [0.2, 0.25) is 0 Å². The van der Waals surface area contributed by atoms with Gasteiger partial charge in [0.15, 0.2) is 0 Å². The van der Waals surface area contributed by atoms with Crippen molar-refractivity contribution >= 4 is 17.5 Å². The van der Waals surface area contributed by atoms with E-state index < -0.39 is 23.1 Å². The molecule has 2 N–H and O–H groups in total. The maximum atomic E-state index is 12.6. The largest absolute Gasteiger partial charge is 0.416 e. The highest BCUT2D eigenvalue weighted by atomic mass is 19.4. The predicted molar refractivity (Wildman–Crippen MR) is 94.8 cm³/mol. The maximum Gasteiger partial charge on any atom is 0.416 e. The molecule has 7 heteroatoms. The smallest absolute Gasteiger partial charge is 0.351 e. The van der Waals surface area contributed by atoms with Crippen molar-refractivity contribution in [1.82, 2.24) is 5.32 Å². The lowest BCUT2D eigenvalue weighted by molar-refractivity contribution is -0.137. The molecule has 1 aliphatic carbocycles. The fraction of sp³-hybridized carbons (Fsp3) is 0.300. The topological polar surface area (TPSA) is 58.2 Å². The number of nitrogens with one attached hydrogen (secondary N) is 2. The van der Waals surface area contributed by atoms with Gasteiger partial charge in [0.1, 0.15) is 5.41 Å². The van der Waals surface area contributed by atoms with E-state index in [2.05, 4.69) is 10.6 Å². The van der Waals surface area contributed by atoms with E-state index in [1.807, 2.05) is 31.2 Å². The molecule has 2 amide bonds. The molecule has 142 valence electrons. The number of halogens is 3. The molecule has 1 fully saturated rings.